The number of hydrogen-bond acceptors (Lipinski definition) is 2. The lowest BCUT2D eigenvalue weighted by atomic mass is 9.77. The first-order valence-electron chi connectivity index (χ1n) is 6.04. The van der Waals surface area contributed by atoms with Gasteiger partial charge in [0.2, 0.25) is 0 Å². The van der Waals surface area contributed by atoms with Gasteiger partial charge in [-0.15, -0.1) is 0 Å². The second-order valence-corrected chi connectivity index (χ2v) is 4.72. The summed E-state index contributed by atoms with van der Waals surface area (Å²) in [4.78, 5) is 0. The van der Waals surface area contributed by atoms with Crippen LogP contribution in [0.25, 0.3) is 0 Å². The molecule has 0 saturated carbocycles. The van der Waals surface area contributed by atoms with Crippen LogP contribution in [-0.2, 0) is 6.42 Å². The molecule has 0 bridgehead atoms. The van der Waals surface area contributed by atoms with Crippen molar-refractivity contribution in [3.05, 3.63) is 11.1 Å². The molecule has 4 heteroatoms. The smallest absolute Gasteiger partial charge is 0.144 e. The maximum Gasteiger partial charge on any atom is 0.144 e. The van der Waals surface area contributed by atoms with Crippen LogP contribution in [0, 0.1) is 6.92 Å². The summed E-state index contributed by atoms with van der Waals surface area (Å²) in [7, 11) is 4.02. The summed E-state index contributed by atoms with van der Waals surface area (Å²) in [6.07, 6.45) is 3.48. The van der Waals surface area contributed by atoms with Gasteiger partial charge >= 0.3 is 0 Å². The lowest BCUT2D eigenvalue weighted by Gasteiger charge is -2.29. The lowest BCUT2D eigenvalue weighted by molar-refractivity contribution is 0.171. The van der Waals surface area contributed by atoms with Crippen LogP contribution in [0.1, 0.15) is 30.9 Å². The Bertz CT molecular complexity index is 430. The van der Waals surface area contributed by atoms with E-state index in [2.05, 4.69) is 6.92 Å². The van der Waals surface area contributed by atoms with E-state index in [4.69, 9.17) is 4.74 Å². The predicted molar refractivity (Wildman–Crippen MR) is 72.2 cm³/mol. The van der Waals surface area contributed by atoms with E-state index in [-0.39, 0.29) is 0 Å². The maximum atomic E-state index is 10.0. The van der Waals surface area contributed by atoms with Crippen molar-refractivity contribution in [1.82, 2.24) is 0 Å². The zero-order valence-corrected chi connectivity index (χ0v) is 10.6. The fourth-order valence-corrected chi connectivity index (χ4v) is 2.45. The number of ether oxygens (including phenoxy) is 1. The maximum absolute atomic E-state index is 10.0. The highest BCUT2D eigenvalue weighted by Gasteiger charge is 2.24. The summed E-state index contributed by atoms with van der Waals surface area (Å²) in [6, 6.07) is 0. The number of aromatic hydroxyl groups is 1. The highest BCUT2D eigenvalue weighted by molar-refractivity contribution is 6.40. The van der Waals surface area contributed by atoms with E-state index in [1.54, 1.807) is 0 Å². The molecule has 0 aliphatic carbocycles. The Hall–Kier alpha value is -1.05. The van der Waals surface area contributed by atoms with Gasteiger partial charge in [-0.1, -0.05) is 6.92 Å². The highest BCUT2D eigenvalue weighted by Crippen LogP contribution is 2.29. The van der Waals surface area contributed by atoms with Crippen LogP contribution < -0.4 is 15.7 Å². The van der Waals surface area contributed by atoms with Gasteiger partial charge in [-0.05, 0) is 48.2 Å². The SMILES string of the molecule is Bc1c(O)c(C)c(B)c2c1CCC(CC)O2. The normalized spacial score (nSPS) is 19.0. The third kappa shape index (κ3) is 1.60. The Labute approximate surface area is 98.8 Å². The van der Waals surface area contributed by atoms with E-state index in [0.717, 1.165) is 41.5 Å². The third-order valence-corrected chi connectivity index (χ3v) is 3.80. The van der Waals surface area contributed by atoms with E-state index in [1.165, 1.54) is 5.56 Å². The molecular weight excluding hydrogens is 198 g/mol. The van der Waals surface area contributed by atoms with Crippen molar-refractivity contribution in [2.75, 3.05) is 0 Å². The topological polar surface area (TPSA) is 29.5 Å². The minimum atomic E-state index is 0.342. The number of benzene rings is 1. The lowest BCUT2D eigenvalue weighted by Crippen LogP contribution is -2.32. The summed E-state index contributed by atoms with van der Waals surface area (Å²) < 4.78 is 6.02. The van der Waals surface area contributed by atoms with Gasteiger partial charge in [0.1, 0.15) is 27.2 Å². The van der Waals surface area contributed by atoms with Crippen LogP contribution >= 0.6 is 0 Å². The third-order valence-electron chi connectivity index (χ3n) is 3.80. The molecule has 2 nitrogen and oxygen atoms in total. The summed E-state index contributed by atoms with van der Waals surface area (Å²) >= 11 is 0. The largest absolute Gasteiger partial charge is 0.508 e. The Morgan fingerprint density at radius 1 is 1.38 bits per heavy atom. The molecule has 0 saturated heterocycles. The number of phenols is 1. The van der Waals surface area contributed by atoms with E-state index < -0.39 is 0 Å². The van der Waals surface area contributed by atoms with Gasteiger partial charge in [0, 0.05) is 0 Å². The molecule has 84 valence electrons. The molecule has 1 unspecified atom stereocenters. The van der Waals surface area contributed by atoms with Crippen LogP contribution in [0.5, 0.6) is 11.5 Å². The van der Waals surface area contributed by atoms with Crippen molar-refractivity contribution in [2.45, 2.75) is 39.2 Å². The zero-order chi connectivity index (χ0) is 11.9. The minimum absolute atomic E-state index is 0.342. The van der Waals surface area contributed by atoms with E-state index in [1.807, 2.05) is 22.6 Å². The molecule has 0 fully saturated rings. The van der Waals surface area contributed by atoms with Crippen molar-refractivity contribution in [2.24, 2.45) is 0 Å². The Morgan fingerprint density at radius 3 is 2.69 bits per heavy atom. The van der Waals surface area contributed by atoms with Crippen LogP contribution in [0.4, 0.5) is 0 Å². The molecule has 16 heavy (non-hydrogen) atoms. The van der Waals surface area contributed by atoms with E-state index in [0.29, 0.717) is 11.9 Å². The van der Waals surface area contributed by atoms with Crippen LogP contribution in [-0.4, -0.2) is 26.9 Å². The molecule has 0 radical (unpaired) electrons. The summed E-state index contributed by atoms with van der Waals surface area (Å²) in [6.45, 7) is 4.11. The molecule has 0 spiro atoms. The van der Waals surface area contributed by atoms with Gasteiger partial charge in [0.15, 0.2) is 0 Å². The number of fused-ring (bicyclic) bond motifs is 1. The van der Waals surface area contributed by atoms with Crippen molar-refractivity contribution < 1.29 is 9.84 Å². The molecule has 1 atom stereocenters. The van der Waals surface area contributed by atoms with Gasteiger partial charge in [-0.2, -0.15) is 0 Å². The predicted octanol–water partition coefficient (Wildman–Crippen LogP) is -0.679. The molecule has 2 rings (SSSR count). The molecule has 0 amide bonds. The highest BCUT2D eigenvalue weighted by atomic mass is 16.5. The quantitative estimate of drug-likeness (QED) is 0.630. The van der Waals surface area contributed by atoms with Gasteiger partial charge in [-0.3, -0.25) is 0 Å². The van der Waals surface area contributed by atoms with Gasteiger partial charge in [-0.25, -0.2) is 0 Å². The summed E-state index contributed by atoms with van der Waals surface area (Å²) in [5, 5.41) is 10.0. The van der Waals surface area contributed by atoms with Gasteiger partial charge in [0.05, 0.1) is 6.10 Å². The second-order valence-electron chi connectivity index (χ2n) is 4.72. The van der Waals surface area contributed by atoms with Gasteiger partial charge < -0.3 is 9.84 Å². The van der Waals surface area contributed by atoms with Crippen molar-refractivity contribution in [3.63, 3.8) is 0 Å². The van der Waals surface area contributed by atoms with Crippen LogP contribution in [0.15, 0.2) is 0 Å². The summed E-state index contributed by atoms with van der Waals surface area (Å²) in [5.74, 6) is 1.46. The van der Waals surface area contributed by atoms with Crippen molar-refractivity contribution in [1.29, 1.82) is 0 Å². The first kappa shape index (κ1) is 11.4. The molecule has 1 aliphatic rings. The number of phenolic OH excluding ortho intramolecular Hbond substituents is 1. The average Bonchev–Trinajstić information content (AvgIpc) is 2.33. The summed E-state index contributed by atoms with van der Waals surface area (Å²) in [5.41, 5.74) is 4.24. The molecule has 1 N–H and O–H groups in total. The second kappa shape index (κ2) is 4.08. The van der Waals surface area contributed by atoms with Gasteiger partial charge in [0.25, 0.3) is 0 Å². The molecule has 1 aromatic rings. The average molecular weight is 216 g/mol. The molecule has 1 aliphatic heterocycles. The number of rotatable bonds is 1. The fourth-order valence-electron chi connectivity index (χ4n) is 2.45. The number of hydrogen-bond donors (Lipinski definition) is 1. The molecule has 1 aromatic carbocycles. The molecule has 0 aromatic heterocycles. The van der Waals surface area contributed by atoms with Crippen molar-refractivity contribution >= 4 is 26.6 Å². The van der Waals surface area contributed by atoms with Crippen LogP contribution in [0.3, 0.4) is 0 Å². The van der Waals surface area contributed by atoms with Crippen molar-refractivity contribution in [3.8, 4) is 11.5 Å². The standard InChI is InChI=1S/C12H18B2O2/c1-3-7-4-5-8-10(14)11(15)6(2)9(13)12(8)16-7/h7,15H,3-5,13-14H2,1-2H3. The Balaban J connectivity index is 2.56. The minimum Gasteiger partial charge on any atom is -0.508 e. The monoisotopic (exact) mass is 216 g/mol. The first-order valence-corrected chi connectivity index (χ1v) is 6.04. The Morgan fingerprint density at radius 2 is 2.06 bits per heavy atom. The Kier molecular flexibility index (Phi) is 2.91. The molecule has 1 heterocycles. The van der Waals surface area contributed by atoms with Crippen LogP contribution in [0.2, 0.25) is 0 Å². The zero-order valence-electron chi connectivity index (χ0n) is 10.6. The van der Waals surface area contributed by atoms with E-state index >= 15 is 0 Å². The fraction of sp³-hybridized carbons (Fsp3) is 0.500. The van der Waals surface area contributed by atoms with E-state index in [9.17, 15) is 5.11 Å². The molecular formula is C12H18B2O2. The first-order chi connectivity index (χ1) is 7.56.